The molecular formula is C25H28N4O4S. The van der Waals surface area contributed by atoms with Crippen molar-refractivity contribution in [3.63, 3.8) is 0 Å². The van der Waals surface area contributed by atoms with Gasteiger partial charge in [0.25, 0.3) is 5.91 Å². The van der Waals surface area contributed by atoms with E-state index in [0.717, 1.165) is 59.5 Å². The van der Waals surface area contributed by atoms with Crippen molar-refractivity contribution in [3.8, 4) is 12.1 Å². The highest BCUT2D eigenvalue weighted by Gasteiger charge is 2.22. The van der Waals surface area contributed by atoms with Gasteiger partial charge in [-0.1, -0.05) is 6.42 Å². The molecule has 1 aliphatic carbocycles. The summed E-state index contributed by atoms with van der Waals surface area (Å²) in [6.07, 6.45) is 6.44. The van der Waals surface area contributed by atoms with E-state index in [1.807, 2.05) is 30.6 Å². The van der Waals surface area contributed by atoms with Crippen LogP contribution in [0.15, 0.2) is 11.6 Å². The van der Waals surface area contributed by atoms with Crippen LogP contribution < -0.4 is 5.32 Å². The number of nitrogens with one attached hydrogen (secondary N) is 1. The summed E-state index contributed by atoms with van der Waals surface area (Å²) in [5.41, 5.74) is 3.94. The van der Waals surface area contributed by atoms with Gasteiger partial charge in [-0.05, 0) is 62.8 Å². The molecule has 178 valence electrons. The van der Waals surface area contributed by atoms with E-state index >= 15 is 0 Å². The van der Waals surface area contributed by atoms with Gasteiger partial charge in [-0.3, -0.25) is 4.79 Å². The summed E-state index contributed by atoms with van der Waals surface area (Å²) in [6.45, 7) is 4.50. The molecular weight excluding hydrogens is 452 g/mol. The molecule has 34 heavy (non-hydrogen) atoms. The molecule has 1 N–H and O–H groups in total. The van der Waals surface area contributed by atoms with E-state index in [0.29, 0.717) is 23.7 Å². The second-order valence-corrected chi connectivity index (χ2v) is 9.25. The number of ether oxygens (including phenoxy) is 2. The lowest BCUT2D eigenvalue weighted by Gasteiger charge is -2.08. The Labute approximate surface area is 203 Å². The fourth-order valence-corrected chi connectivity index (χ4v) is 5.37. The van der Waals surface area contributed by atoms with Gasteiger partial charge in [0.1, 0.15) is 22.7 Å². The fourth-order valence-electron chi connectivity index (χ4n) is 4.11. The number of amides is 1. The maximum absolute atomic E-state index is 12.5. The van der Waals surface area contributed by atoms with Gasteiger partial charge < -0.3 is 19.4 Å². The number of aromatic nitrogens is 1. The first-order valence-electron chi connectivity index (χ1n) is 11.2. The minimum Gasteiger partial charge on any atom is -0.451 e. The van der Waals surface area contributed by atoms with Crippen LogP contribution in [0.4, 0.5) is 5.00 Å². The number of thiophene rings is 1. The van der Waals surface area contributed by atoms with Gasteiger partial charge in [0, 0.05) is 29.9 Å². The molecule has 2 heterocycles. The van der Waals surface area contributed by atoms with E-state index in [-0.39, 0.29) is 5.57 Å². The largest absolute Gasteiger partial charge is 0.451 e. The lowest BCUT2D eigenvalue weighted by molar-refractivity contribution is -0.142. The molecule has 9 heteroatoms. The molecule has 2 aromatic heterocycles. The number of methoxy groups -OCH3 is 1. The Hall–Kier alpha value is -3.40. The molecule has 2 aromatic rings. The van der Waals surface area contributed by atoms with E-state index < -0.39 is 18.5 Å². The van der Waals surface area contributed by atoms with Crippen molar-refractivity contribution in [2.24, 2.45) is 0 Å². The van der Waals surface area contributed by atoms with Crippen molar-refractivity contribution in [1.29, 1.82) is 10.5 Å². The number of fused-ring (bicyclic) bond motifs is 1. The number of anilines is 1. The van der Waals surface area contributed by atoms with E-state index in [2.05, 4.69) is 11.4 Å². The molecule has 0 fully saturated rings. The van der Waals surface area contributed by atoms with Gasteiger partial charge in [0.2, 0.25) is 0 Å². The fraction of sp³-hybridized carbons (Fsp3) is 0.440. The summed E-state index contributed by atoms with van der Waals surface area (Å²) < 4.78 is 12.3. The van der Waals surface area contributed by atoms with Gasteiger partial charge in [0.05, 0.1) is 12.2 Å². The van der Waals surface area contributed by atoms with Crippen LogP contribution in [0, 0.1) is 36.5 Å². The SMILES string of the molecule is COCCn1c(C)cc(C=C(C#N)C(=O)OCC(=O)Nc2sc3c(c2C#N)CCCCC3)c1C. The number of carbonyl (C=O) groups excluding carboxylic acids is 2. The summed E-state index contributed by atoms with van der Waals surface area (Å²) in [5, 5.41) is 22.3. The van der Waals surface area contributed by atoms with Crippen molar-refractivity contribution in [1.82, 2.24) is 4.57 Å². The van der Waals surface area contributed by atoms with Crippen LogP contribution in [0.25, 0.3) is 6.08 Å². The van der Waals surface area contributed by atoms with Crippen LogP contribution in [0.2, 0.25) is 0 Å². The average molecular weight is 481 g/mol. The summed E-state index contributed by atoms with van der Waals surface area (Å²) >= 11 is 1.42. The smallest absolute Gasteiger partial charge is 0.349 e. The van der Waals surface area contributed by atoms with Crippen molar-refractivity contribution >= 4 is 34.3 Å². The molecule has 0 aromatic carbocycles. The van der Waals surface area contributed by atoms with E-state index in [9.17, 15) is 20.1 Å². The molecule has 0 spiro atoms. The molecule has 0 saturated carbocycles. The third-order valence-electron chi connectivity index (χ3n) is 5.89. The number of nitrogens with zero attached hydrogens (tertiary/aromatic N) is 3. The third-order valence-corrected chi connectivity index (χ3v) is 7.10. The second-order valence-electron chi connectivity index (χ2n) is 8.15. The number of hydrogen-bond acceptors (Lipinski definition) is 7. The molecule has 3 rings (SSSR count). The molecule has 0 atom stereocenters. The highest BCUT2D eigenvalue weighted by molar-refractivity contribution is 7.16. The van der Waals surface area contributed by atoms with Crippen molar-refractivity contribution in [2.45, 2.75) is 52.5 Å². The van der Waals surface area contributed by atoms with Crippen LogP contribution in [-0.2, 0) is 38.4 Å². The standard InChI is InChI=1S/C25H28N4O4S/c1-16-11-18(17(2)29(16)9-10-32-3)12-19(13-26)25(31)33-15-23(30)28-24-21(14-27)20-7-5-4-6-8-22(20)34-24/h11-12H,4-10,15H2,1-3H3,(H,28,30). The topological polar surface area (TPSA) is 117 Å². The molecule has 0 bridgehead atoms. The molecule has 0 aliphatic heterocycles. The van der Waals surface area contributed by atoms with Crippen LogP contribution in [0.5, 0.6) is 0 Å². The Morgan fingerprint density at radius 1 is 1.24 bits per heavy atom. The van der Waals surface area contributed by atoms with Crippen LogP contribution in [0.1, 0.15) is 52.2 Å². The van der Waals surface area contributed by atoms with Crippen molar-refractivity contribution in [2.75, 3.05) is 25.6 Å². The number of aryl methyl sites for hydroxylation is 2. The second kappa shape index (κ2) is 11.6. The molecule has 0 unspecified atom stereocenters. The minimum absolute atomic E-state index is 0.194. The van der Waals surface area contributed by atoms with Gasteiger partial charge in [0.15, 0.2) is 6.61 Å². The first kappa shape index (κ1) is 25.2. The van der Waals surface area contributed by atoms with Gasteiger partial charge in [-0.2, -0.15) is 10.5 Å². The Kier molecular flexibility index (Phi) is 8.64. The molecule has 0 saturated heterocycles. The van der Waals surface area contributed by atoms with E-state index in [1.54, 1.807) is 7.11 Å². The number of carbonyl (C=O) groups is 2. The van der Waals surface area contributed by atoms with Crippen molar-refractivity contribution < 1.29 is 19.1 Å². The lowest BCUT2D eigenvalue weighted by atomic mass is 10.1. The number of hydrogen-bond donors (Lipinski definition) is 1. The number of nitriles is 2. The van der Waals surface area contributed by atoms with Crippen LogP contribution >= 0.6 is 11.3 Å². The van der Waals surface area contributed by atoms with Gasteiger partial charge in [-0.15, -0.1) is 11.3 Å². The summed E-state index contributed by atoms with van der Waals surface area (Å²) in [4.78, 5) is 26.0. The Bertz CT molecular complexity index is 1190. The van der Waals surface area contributed by atoms with Gasteiger partial charge in [-0.25, -0.2) is 4.79 Å². The predicted octanol–water partition coefficient (Wildman–Crippen LogP) is 4.04. The normalized spacial score (nSPS) is 13.4. The molecule has 0 radical (unpaired) electrons. The zero-order chi connectivity index (χ0) is 24.7. The van der Waals surface area contributed by atoms with Crippen LogP contribution in [0.3, 0.4) is 0 Å². The maximum Gasteiger partial charge on any atom is 0.349 e. The van der Waals surface area contributed by atoms with Crippen molar-refractivity contribution in [3.05, 3.63) is 44.6 Å². The summed E-state index contributed by atoms with van der Waals surface area (Å²) in [5.74, 6) is -1.42. The molecule has 1 aliphatic rings. The Balaban J connectivity index is 1.65. The first-order valence-corrected chi connectivity index (χ1v) is 12.0. The Morgan fingerprint density at radius 2 is 2.00 bits per heavy atom. The lowest BCUT2D eigenvalue weighted by Crippen LogP contribution is -2.21. The Morgan fingerprint density at radius 3 is 2.71 bits per heavy atom. The molecule has 8 nitrogen and oxygen atoms in total. The third kappa shape index (κ3) is 5.74. The summed E-state index contributed by atoms with van der Waals surface area (Å²) in [7, 11) is 1.63. The van der Waals surface area contributed by atoms with E-state index in [4.69, 9.17) is 9.47 Å². The zero-order valence-corrected chi connectivity index (χ0v) is 20.5. The highest BCUT2D eigenvalue weighted by Crippen LogP contribution is 2.36. The quantitative estimate of drug-likeness (QED) is 0.264. The average Bonchev–Trinajstić information content (AvgIpc) is 3.16. The monoisotopic (exact) mass is 480 g/mol. The van der Waals surface area contributed by atoms with Gasteiger partial charge >= 0.3 is 5.97 Å². The highest BCUT2D eigenvalue weighted by atomic mass is 32.1. The first-order chi connectivity index (χ1) is 16.4. The summed E-state index contributed by atoms with van der Waals surface area (Å²) in [6, 6.07) is 5.95. The predicted molar refractivity (Wildman–Crippen MR) is 129 cm³/mol. The number of rotatable bonds is 8. The minimum atomic E-state index is -0.873. The maximum atomic E-state index is 12.5. The zero-order valence-electron chi connectivity index (χ0n) is 19.7. The van der Waals surface area contributed by atoms with Crippen LogP contribution in [-0.4, -0.2) is 36.8 Å². The van der Waals surface area contributed by atoms with E-state index in [1.165, 1.54) is 17.4 Å². The number of esters is 1. The molecule has 1 amide bonds.